The number of aromatic amines is 1. The number of nitrogens with one attached hydrogen (secondary N) is 2. The Bertz CT molecular complexity index is 438. The van der Waals surface area contributed by atoms with E-state index in [4.69, 9.17) is 0 Å². The Morgan fingerprint density at radius 1 is 1.27 bits per heavy atom. The molecule has 0 spiro atoms. The van der Waals surface area contributed by atoms with Gasteiger partial charge in [0.25, 0.3) is 0 Å². The molecule has 3 rings (SSSR count). The molecule has 1 atom stereocenters. The SMILES string of the molecule is CC1C=Cc2[nH]c3c(c2C=C1)CNCC3. The summed E-state index contributed by atoms with van der Waals surface area (Å²) in [7, 11) is 0. The molecular formula is C13H16N2. The van der Waals surface area contributed by atoms with Gasteiger partial charge in [-0.25, -0.2) is 0 Å². The van der Waals surface area contributed by atoms with Crippen molar-refractivity contribution in [3.8, 4) is 0 Å². The fraction of sp³-hybridized carbons (Fsp3) is 0.385. The predicted molar refractivity (Wildman–Crippen MR) is 63.4 cm³/mol. The smallest absolute Gasteiger partial charge is 0.0456 e. The summed E-state index contributed by atoms with van der Waals surface area (Å²) in [5.74, 6) is 0.540. The maximum absolute atomic E-state index is 3.54. The Morgan fingerprint density at radius 2 is 2.13 bits per heavy atom. The number of H-pyrrole nitrogens is 1. The van der Waals surface area contributed by atoms with Crippen LogP contribution in [-0.2, 0) is 13.0 Å². The van der Waals surface area contributed by atoms with Gasteiger partial charge in [-0.05, 0) is 17.6 Å². The lowest BCUT2D eigenvalue weighted by atomic mass is 10.0. The van der Waals surface area contributed by atoms with Crippen LogP contribution in [0.15, 0.2) is 12.2 Å². The molecule has 1 aliphatic heterocycles. The molecule has 0 fully saturated rings. The molecule has 0 bridgehead atoms. The molecule has 2 heteroatoms. The maximum Gasteiger partial charge on any atom is 0.0456 e. The largest absolute Gasteiger partial charge is 0.358 e. The summed E-state index contributed by atoms with van der Waals surface area (Å²) < 4.78 is 0. The van der Waals surface area contributed by atoms with Crippen molar-refractivity contribution >= 4 is 12.2 Å². The van der Waals surface area contributed by atoms with Gasteiger partial charge in [0.1, 0.15) is 0 Å². The molecule has 2 nitrogen and oxygen atoms in total. The Balaban J connectivity index is 2.13. The first-order valence-electron chi connectivity index (χ1n) is 5.65. The fourth-order valence-electron chi connectivity index (χ4n) is 2.35. The van der Waals surface area contributed by atoms with Gasteiger partial charge in [-0.2, -0.15) is 0 Å². The van der Waals surface area contributed by atoms with Crippen LogP contribution in [0, 0.1) is 5.92 Å². The van der Waals surface area contributed by atoms with Crippen LogP contribution in [0.5, 0.6) is 0 Å². The summed E-state index contributed by atoms with van der Waals surface area (Å²) in [6.07, 6.45) is 10.1. The highest BCUT2D eigenvalue weighted by Crippen LogP contribution is 2.27. The average molecular weight is 200 g/mol. The lowest BCUT2D eigenvalue weighted by Gasteiger charge is -2.13. The second-order valence-corrected chi connectivity index (χ2v) is 4.41. The molecule has 2 aliphatic rings. The maximum atomic E-state index is 3.54. The van der Waals surface area contributed by atoms with Crippen LogP contribution in [0.2, 0.25) is 0 Å². The van der Waals surface area contributed by atoms with Crippen molar-refractivity contribution in [2.24, 2.45) is 5.92 Å². The number of rotatable bonds is 0. The summed E-state index contributed by atoms with van der Waals surface area (Å²) in [6.45, 7) is 4.31. The zero-order chi connectivity index (χ0) is 10.3. The van der Waals surface area contributed by atoms with E-state index < -0.39 is 0 Å². The van der Waals surface area contributed by atoms with Gasteiger partial charge in [0, 0.05) is 36.5 Å². The molecular weight excluding hydrogens is 184 g/mol. The fourth-order valence-corrected chi connectivity index (χ4v) is 2.35. The first-order valence-corrected chi connectivity index (χ1v) is 5.65. The van der Waals surface area contributed by atoms with E-state index in [0.717, 1.165) is 19.5 Å². The lowest BCUT2D eigenvalue weighted by molar-refractivity contribution is 0.637. The predicted octanol–water partition coefficient (Wildman–Crippen LogP) is 2.34. The van der Waals surface area contributed by atoms with Crippen molar-refractivity contribution in [2.45, 2.75) is 19.9 Å². The first-order chi connectivity index (χ1) is 7.34. The third-order valence-electron chi connectivity index (χ3n) is 3.25. The summed E-state index contributed by atoms with van der Waals surface area (Å²) in [5.41, 5.74) is 5.55. The van der Waals surface area contributed by atoms with Crippen LogP contribution >= 0.6 is 0 Å². The minimum Gasteiger partial charge on any atom is -0.358 e. The minimum atomic E-state index is 0.540. The molecule has 2 N–H and O–H groups in total. The Morgan fingerprint density at radius 3 is 3.07 bits per heavy atom. The van der Waals surface area contributed by atoms with Crippen LogP contribution < -0.4 is 5.32 Å². The van der Waals surface area contributed by atoms with Crippen molar-refractivity contribution in [3.63, 3.8) is 0 Å². The van der Waals surface area contributed by atoms with Crippen molar-refractivity contribution in [1.29, 1.82) is 0 Å². The van der Waals surface area contributed by atoms with E-state index in [1.165, 1.54) is 22.5 Å². The number of hydrogen-bond acceptors (Lipinski definition) is 1. The molecule has 2 heterocycles. The zero-order valence-electron chi connectivity index (χ0n) is 9.01. The first kappa shape index (κ1) is 8.98. The van der Waals surface area contributed by atoms with Crippen LogP contribution in [0.3, 0.4) is 0 Å². The van der Waals surface area contributed by atoms with Crippen molar-refractivity contribution in [2.75, 3.05) is 6.54 Å². The normalized spacial score (nSPS) is 23.4. The Labute approximate surface area is 90.1 Å². The molecule has 1 aromatic rings. The van der Waals surface area contributed by atoms with Crippen LogP contribution in [-0.4, -0.2) is 11.5 Å². The molecule has 78 valence electrons. The van der Waals surface area contributed by atoms with E-state index in [2.05, 4.69) is 41.5 Å². The van der Waals surface area contributed by atoms with E-state index >= 15 is 0 Å². The van der Waals surface area contributed by atoms with E-state index in [1.54, 1.807) is 0 Å². The topological polar surface area (TPSA) is 27.8 Å². The van der Waals surface area contributed by atoms with Gasteiger partial charge in [0.05, 0.1) is 0 Å². The van der Waals surface area contributed by atoms with Gasteiger partial charge in [-0.1, -0.05) is 25.2 Å². The highest BCUT2D eigenvalue weighted by atomic mass is 14.9. The van der Waals surface area contributed by atoms with Crippen LogP contribution in [0.4, 0.5) is 0 Å². The Kier molecular flexibility index (Phi) is 2.03. The molecule has 0 saturated carbocycles. The minimum absolute atomic E-state index is 0.540. The standard InChI is InChI=1S/C13H16N2/c1-9-2-4-10-11-8-14-7-6-13(11)15-12(10)5-3-9/h2-5,9,14-15H,6-8H2,1H3. The van der Waals surface area contributed by atoms with Gasteiger partial charge >= 0.3 is 0 Å². The third-order valence-corrected chi connectivity index (χ3v) is 3.25. The highest BCUT2D eigenvalue weighted by molar-refractivity contribution is 5.70. The highest BCUT2D eigenvalue weighted by Gasteiger charge is 2.17. The number of hydrogen-bond donors (Lipinski definition) is 2. The molecule has 1 aromatic heterocycles. The van der Waals surface area contributed by atoms with Crippen molar-refractivity contribution in [3.05, 3.63) is 34.7 Å². The van der Waals surface area contributed by atoms with Gasteiger partial charge < -0.3 is 10.3 Å². The van der Waals surface area contributed by atoms with E-state index in [-0.39, 0.29) is 0 Å². The molecule has 0 radical (unpaired) electrons. The van der Waals surface area contributed by atoms with Crippen LogP contribution in [0.25, 0.3) is 12.2 Å². The summed E-state index contributed by atoms with van der Waals surface area (Å²) in [6, 6.07) is 0. The number of aromatic nitrogens is 1. The second-order valence-electron chi connectivity index (χ2n) is 4.41. The van der Waals surface area contributed by atoms with Crippen molar-refractivity contribution in [1.82, 2.24) is 10.3 Å². The van der Waals surface area contributed by atoms with E-state index in [1.807, 2.05) is 0 Å². The van der Waals surface area contributed by atoms with Gasteiger partial charge in [-0.3, -0.25) is 0 Å². The summed E-state index contributed by atoms with van der Waals surface area (Å²) in [4.78, 5) is 3.54. The molecule has 1 unspecified atom stereocenters. The van der Waals surface area contributed by atoms with Gasteiger partial charge in [0.15, 0.2) is 0 Å². The molecule has 0 amide bonds. The number of fused-ring (bicyclic) bond motifs is 3. The van der Waals surface area contributed by atoms with E-state index in [0.29, 0.717) is 5.92 Å². The summed E-state index contributed by atoms with van der Waals surface area (Å²) >= 11 is 0. The lowest BCUT2D eigenvalue weighted by Crippen LogP contribution is -2.23. The quantitative estimate of drug-likeness (QED) is 0.661. The van der Waals surface area contributed by atoms with Gasteiger partial charge in [-0.15, -0.1) is 0 Å². The Hall–Kier alpha value is -1.28. The van der Waals surface area contributed by atoms with Crippen LogP contribution in [0.1, 0.15) is 29.4 Å². The second kappa shape index (κ2) is 3.38. The average Bonchev–Trinajstić information content (AvgIpc) is 2.51. The third kappa shape index (κ3) is 1.45. The van der Waals surface area contributed by atoms with E-state index in [9.17, 15) is 0 Å². The van der Waals surface area contributed by atoms with Gasteiger partial charge in [0.2, 0.25) is 0 Å². The zero-order valence-corrected chi connectivity index (χ0v) is 9.01. The number of allylic oxidation sites excluding steroid dienone is 2. The van der Waals surface area contributed by atoms with Crippen molar-refractivity contribution < 1.29 is 0 Å². The molecule has 15 heavy (non-hydrogen) atoms. The summed E-state index contributed by atoms with van der Waals surface area (Å²) in [5, 5.41) is 3.43. The molecule has 0 aromatic carbocycles. The monoisotopic (exact) mass is 200 g/mol. The molecule has 1 aliphatic carbocycles. The molecule has 0 saturated heterocycles.